The molecule has 6 heteroatoms. The second-order valence-corrected chi connectivity index (χ2v) is 8.18. The van der Waals surface area contributed by atoms with Gasteiger partial charge in [-0.15, -0.1) is 0 Å². The highest BCUT2D eigenvalue weighted by atomic mass is 32.2. The summed E-state index contributed by atoms with van der Waals surface area (Å²) in [6, 6.07) is 23.3. The maximum atomic E-state index is 13.2. The molecule has 5 nitrogen and oxygen atoms in total. The predicted octanol–water partition coefficient (Wildman–Crippen LogP) is 4.06. The molecule has 0 radical (unpaired) electrons. The van der Waals surface area contributed by atoms with E-state index in [1.54, 1.807) is 6.07 Å². The third-order valence-electron chi connectivity index (χ3n) is 5.12. The molecule has 1 aliphatic heterocycles. The van der Waals surface area contributed by atoms with Crippen LogP contribution < -0.4 is 0 Å². The van der Waals surface area contributed by atoms with E-state index < -0.39 is 0 Å². The predicted molar refractivity (Wildman–Crippen MR) is 117 cm³/mol. The van der Waals surface area contributed by atoms with Gasteiger partial charge in [-0.3, -0.25) is 14.7 Å². The maximum absolute atomic E-state index is 13.2. The zero-order valence-corrected chi connectivity index (χ0v) is 17.4. The van der Waals surface area contributed by atoms with Crippen LogP contribution in [0.1, 0.15) is 21.6 Å². The molecule has 0 saturated carbocycles. The number of hydrogen-bond donors (Lipinski definition) is 0. The lowest BCUT2D eigenvalue weighted by Gasteiger charge is -2.34. The highest BCUT2D eigenvalue weighted by Gasteiger charge is 2.24. The molecule has 0 atom stereocenters. The average molecular weight is 415 g/mol. The highest BCUT2D eigenvalue weighted by molar-refractivity contribution is 7.99. The lowest BCUT2D eigenvalue weighted by Crippen LogP contribution is -2.48. The van der Waals surface area contributed by atoms with E-state index in [0.717, 1.165) is 35.1 Å². The van der Waals surface area contributed by atoms with E-state index in [2.05, 4.69) is 16.0 Å². The molecule has 0 spiro atoms. The monoisotopic (exact) mass is 414 g/mol. The van der Waals surface area contributed by atoms with E-state index in [1.807, 2.05) is 71.8 Å². The van der Waals surface area contributed by atoms with Crippen molar-refractivity contribution in [2.24, 2.45) is 0 Å². The van der Waals surface area contributed by atoms with Gasteiger partial charge in [0.1, 0.15) is 6.07 Å². The van der Waals surface area contributed by atoms with Crippen molar-refractivity contribution in [2.75, 3.05) is 26.2 Å². The molecule has 150 valence electrons. The number of hydrogen-bond acceptors (Lipinski definition) is 5. The molecule has 0 bridgehead atoms. The SMILES string of the molecule is N#Cc1ccccc1Sc1ccccc1C(=O)N1CCN(Cc2ccccn2)CC1. The minimum atomic E-state index is 0.0463. The van der Waals surface area contributed by atoms with Gasteiger partial charge in [-0.1, -0.05) is 42.1 Å². The molecular formula is C24H22N4OS. The molecule has 4 rings (SSSR count). The van der Waals surface area contributed by atoms with Crippen LogP contribution in [0.25, 0.3) is 0 Å². The Balaban J connectivity index is 1.44. The van der Waals surface area contributed by atoms with Crippen LogP contribution in [0.2, 0.25) is 0 Å². The normalized spacial score (nSPS) is 14.3. The van der Waals surface area contributed by atoms with Crippen LogP contribution in [-0.2, 0) is 6.54 Å². The van der Waals surface area contributed by atoms with Crippen LogP contribution >= 0.6 is 11.8 Å². The standard InChI is InChI=1S/C24H22N4OS/c25-17-19-7-1-3-10-22(19)30-23-11-4-2-9-21(23)24(29)28-15-13-27(14-16-28)18-20-8-5-6-12-26-20/h1-12H,13-16,18H2. The molecule has 1 fully saturated rings. The summed E-state index contributed by atoms with van der Waals surface area (Å²) in [5.74, 6) is 0.0463. The number of nitriles is 1. The zero-order valence-electron chi connectivity index (χ0n) is 16.6. The van der Waals surface area contributed by atoms with Crippen molar-refractivity contribution >= 4 is 17.7 Å². The highest BCUT2D eigenvalue weighted by Crippen LogP contribution is 2.33. The first-order valence-corrected chi connectivity index (χ1v) is 10.7. The number of rotatable bonds is 5. The molecule has 3 aromatic rings. The average Bonchev–Trinajstić information content (AvgIpc) is 2.80. The lowest BCUT2D eigenvalue weighted by atomic mass is 10.1. The van der Waals surface area contributed by atoms with E-state index >= 15 is 0 Å². The number of piperazine rings is 1. The second kappa shape index (κ2) is 9.57. The Kier molecular flexibility index (Phi) is 6.43. The van der Waals surface area contributed by atoms with Crippen LogP contribution in [-0.4, -0.2) is 46.9 Å². The fourth-order valence-electron chi connectivity index (χ4n) is 3.50. The summed E-state index contributed by atoms with van der Waals surface area (Å²) >= 11 is 1.47. The fourth-order valence-corrected chi connectivity index (χ4v) is 4.52. The molecule has 1 aliphatic rings. The molecule has 0 unspecified atom stereocenters. The van der Waals surface area contributed by atoms with Gasteiger partial charge in [0, 0.05) is 48.7 Å². The molecule has 1 amide bonds. The Hall–Kier alpha value is -3.14. The number of pyridine rings is 1. The Bertz CT molecular complexity index is 1060. The van der Waals surface area contributed by atoms with Gasteiger partial charge < -0.3 is 4.90 Å². The van der Waals surface area contributed by atoms with Crippen molar-refractivity contribution in [2.45, 2.75) is 16.3 Å². The smallest absolute Gasteiger partial charge is 0.255 e. The Morgan fingerprint density at radius 1 is 0.933 bits per heavy atom. The van der Waals surface area contributed by atoms with Gasteiger partial charge in [-0.05, 0) is 36.4 Å². The van der Waals surface area contributed by atoms with Crippen molar-refractivity contribution < 1.29 is 4.79 Å². The first-order valence-electron chi connectivity index (χ1n) is 9.92. The molecule has 0 N–H and O–H groups in total. The quantitative estimate of drug-likeness (QED) is 0.630. The number of benzene rings is 2. The molecular weight excluding hydrogens is 392 g/mol. The number of nitrogens with zero attached hydrogens (tertiary/aromatic N) is 4. The van der Waals surface area contributed by atoms with Gasteiger partial charge >= 0.3 is 0 Å². The zero-order chi connectivity index (χ0) is 20.8. The van der Waals surface area contributed by atoms with Crippen LogP contribution in [0.4, 0.5) is 0 Å². The molecule has 2 aromatic carbocycles. The number of carbonyl (C=O) groups is 1. The minimum absolute atomic E-state index is 0.0463. The van der Waals surface area contributed by atoms with Crippen LogP contribution in [0.3, 0.4) is 0 Å². The first-order chi connectivity index (χ1) is 14.7. The van der Waals surface area contributed by atoms with E-state index in [4.69, 9.17) is 0 Å². The summed E-state index contributed by atoms with van der Waals surface area (Å²) in [4.78, 5) is 23.6. The van der Waals surface area contributed by atoms with Crippen molar-refractivity contribution in [3.63, 3.8) is 0 Å². The molecule has 1 aromatic heterocycles. The van der Waals surface area contributed by atoms with Gasteiger partial charge in [-0.2, -0.15) is 5.26 Å². The third-order valence-corrected chi connectivity index (χ3v) is 6.27. The minimum Gasteiger partial charge on any atom is -0.336 e. The van der Waals surface area contributed by atoms with Gasteiger partial charge in [0.15, 0.2) is 0 Å². The first kappa shape index (κ1) is 20.1. The number of amides is 1. The maximum Gasteiger partial charge on any atom is 0.255 e. The van der Waals surface area contributed by atoms with Crippen molar-refractivity contribution in [1.82, 2.24) is 14.8 Å². The number of aromatic nitrogens is 1. The summed E-state index contributed by atoms with van der Waals surface area (Å²) in [7, 11) is 0. The summed E-state index contributed by atoms with van der Waals surface area (Å²) < 4.78 is 0. The third kappa shape index (κ3) is 4.70. The second-order valence-electron chi connectivity index (χ2n) is 7.10. The molecule has 30 heavy (non-hydrogen) atoms. The van der Waals surface area contributed by atoms with Crippen molar-refractivity contribution in [3.05, 3.63) is 89.7 Å². The lowest BCUT2D eigenvalue weighted by molar-refractivity contribution is 0.0623. The summed E-state index contributed by atoms with van der Waals surface area (Å²) in [5.41, 5.74) is 2.36. The Morgan fingerprint density at radius 3 is 2.37 bits per heavy atom. The fraction of sp³-hybridized carbons (Fsp3) is 0.208. The number of carbonyl (C=O) groups excluding carboxylic acids is 1. The largest absolute Gasteiger partial charge is 0.336 e. The van der Waals surface area contributed by atoms with Gasteiger partial charge in [0.2, 0.25) is 0 Å². The van der Waals surface area contributed by atoms with Crippen molar-refractivity contribution in [3.8, 4) is 6.07 Å². The summed E-state index contributed by atoms with van der Waals surface area (Å²) in [6.45, 7) is 3.85. The topological polar surface area (TPSA) is 60.2 Å². The van der Waals surface area contributed by atoms with E-state index in [0.29, 0.717) is 24.2 Å². The summed E-state index contributed by atoms with van der Waals surface area (Å²) in [5, 5.41) is 9.36. The van der Waals surface area contributed by atoms with Crippen LogP contribution in [0, 0.1) is 11.3 Å². The van der Waals surface area contributed by atoms with Crippen molar-refractivity contribution in [1.29, 1.82) is 5.26 Å². The van der Waals surface area contributed by atoms with E-state index in [9.17, 15) is 10.1 Å². The van der Waals surface area contributed by atoms with Gasteiger partial charge in [0.25, 0.3) is 5.91 Å². The molecule has 2 heterocycles. The van der Waals surface area contributed by atoms with Gasteiger partial charge in [0.05, 0.1) is 16.8 Å². The van der Waals surface area contributed by atoms with Crippen LogP contribution in [0.15, 0.2) is 82.7 Å². The van der Waals surface area contributed by atoms with Gasteiger partial charge in [-0.25, -0.2) is 0 Å². The van der Waals surface area contributed by atoms with Crippen LogP contribution in [0.5, 0.6) is 0 Å². The molecule has 1 saturated heterocycles. The molecule has 0 aliphatic carbocycles. The Morgan fingerprint density at radius 2 is 1.63 bits per heavy atom. The van der Waals surface area contributed by atoms with E-state index in [1.165, 1.54) is 11.8 Å². The van der Waals surface area contributed by atoms with E-state index in [-0.39, 0.29) is 5.91 Å². The summed E-state index contributed by atoms with van der Waals surface area (Å²) in [6.07, 6.45) is 1.81. The Labute approximate surface area is 181 Å².